The summed E-state index contributed by atoms with van der Waals surface area (Å²) < 4.78 is 31.3. The number of anilines is 1. The monoisotopic (exact) mass is 536 g/mol. The summed E-state index contributed by atoms with van der Waals surface area (Å²) in [7, 11) is 3.47. The third-order valence-corrected chi connectivity index (χ3v) is 6.66. The second kappa shape index (κ2) is 12.9. The molecule has 8 nitrogen and oxygen atoms in total. The fourth-order valence-electron chi connectivity index (χ4n) is 4.47. The minimum Gasteiger partial charge on any atom is -0.497 e. The molecule has 3 aromatic rings. The van der Waals surface area contributed by atoms with E-state index in [1.807, 2.05) is 50.9 Å². The highest BCUT2D eigenvalue weighted by Crippen LogP contribution is 2.44. The molecular weight excluding hydrogens is 499 g/mol. The molecule has 1 aliphatic carbocycles. The van der Waals surface area contributed by atoms with E-state index in [2.05, 4.69) is 9.97 Å². The van der Waals surface area contributed by atoms with E-state index in [4.69, 9.17) is 19.2 Å². The number of benzene rings is 1. The first-order valence-electron chi connectivity index (χ1n) is 13.4. The molecule has 2 aromatic heterocycles. The number of hydrogen-bond acceptors (Lipinski definition) is 8. The van der Waals surface area contributed by atoms with E-state index < -0.39 is 0 Å². The fourth-order valence-corrected chi connectivity index (χ4v) is 4.47. The minimum absolute atomic E-state index is 0.0189. The molecule has 1 saturated carbocycles. The molecule has 9 heteroatoms. The van der Waals surface area contributed by atoms with Gasteiger partial charge < -0.3 is 19.1 Å². The van der Waals surface area contributed by atoms with Crippen LogP contribution in [0.1, 0.15) is 57.3 Å². The normalized spacial score (nSPS) is 13.7. The molecule has 0 saturated heterocycles. The van der Waals surface area contributed by atoms with Crippen molar-refractivity contribution >= 4 is 11.8 Å². The third-order valence-electron chi connectivity index (χ3n) is 6.66. The molecular formula is C30H37FN4O4. The summed E-state index contributed by atoms with van der Waals surface area (Å²) in [5.74, 6) is 1.80. The van der Waals surface area contributed by atoms with Gasteiger partial charge in [0.05, 0.1) is 39.0 Å². The lowest BCUT2D eigenvalue weighted by atomic mass is 9.95. The molecule has 0 amide bonds. The van der Waals surface area contributed by atoms with E-state index in [-0.39, 0.29) is 23.6 Å². The molecule has 1 fully saturated rings. The van der Waals surface area contributed by atoms with Crippen LogP contribution in [-0.2, 0) is 16.1 Å². The highest BCUT2D eigenvalue weighted by Gasteiger charge is 2.35. The lowest BCUT2D eigenvalue weighted by molar-refractivity contribution is -0.143. The van der Waals surface area contributed by atoms with E-state index in [1.165, 1.54) is 6.07 Å². The van der Waals surface area contributed by atoms with Crippen molar-refractivity contribution in [1.29, 1.82) is 0 Å². The molecule has 1 aromatic carbocycles. The van der Waals surface area contributed by atoms with Gasteiger partial charge >= 0.3 is 5.97 Å². The average molecular weight is 537 g/mol. The molecule has 0 N–H and O–H groups in total. The maximum absolute atomic E-state index is 14.8. The van der Waals surface area contributed by atoms with Gasteiger partial charge in [0.2, 0.25) is 5.88 Å². The lowest BCUT2D eigenvalue weighted by Gasteiger charge is -2.21. The zero-order valence-corrected chi connectivity index (χ0v) is 23.3. The Morgan fingerprint density at radius 1 is 1.13 bits per heavy atom. The highest BCUT2D eigenvalue weighted by atomic mass is 19.1. The quantitative estimate of drug-likeness (QED) is 0.253. The topological polar surface area (TPSA) is 86.7 Å². The summed E-state index contributed by atoms with van der Waals surface area (Å²) in [5.41, 5.74) is 2.52. The van der Waals surface area contributed by atoms with E-state index in [1.54, 1.807) is 25.6 Å². The SMILES string of the molecule is CCOC(=O)CC(c1cc(N(C)Cc2ccc(-c3cc(OC)ccc3F)c(OCC(C)C)n2)ncn1)C1CC1. The van der Waals surface area contributed by atoms with Crippen LogP contribution >= 0.6 is 0 Å². The number of hydrogen-bond donors (Lipinski definition) is 0. The third kappa shape index (κ3) is 7.43. The Kier molecular flexibility index (Phi) is 9.32. The Bertz CT molecular complexity index is 1280. The van der Waals surface area contributed by atoms with Crippen LogP contribution < -0.4 is 14.4 Å². The summed E-state index contributed by atoms with van der Waals surface area (Å²) in [6.45, 7) is 7.17. The zero-order valence-electron chi connectivity index (χ0n) is 23.3. The molecule has 208 valence electrons. The first-order valence-corrected chi connectivity index (χ1v) is 13.4. The van der Waals surface area contributed by atoms with Crippen molar-refractivity contribution in [1.82, 2.24) is 15.0 Å². The van der Waals surface area contributed by atoms with E-state index in [9.17, 15) is 9.18 Å². The molecule has 1 atom stereocenters. The van der Waals surface area contributed by atoms with Crippen LogP contribution in [-0.4, -0.2) is 48.3 Å². The largest absolute Gasteiger partial charge is 0.497 e. The van der Waals surface area contributed by atoms with Gasteiger partial charge in [0.15, 0.2) is 0 Å². The first-order chi connectivity index (χ1) is 18.8. The van der Waals surface area contributed by atoms with Crippen LogP contribution in [0.25, 0.3) is 11.1 Å². The van der Waals surface area contributed by atoms with Crippen LogP contribution in [0.15, 0.2) is 42.7 Å². The molecule has 39 heavy (non-hydrogen) atoms. The van der Waals surface area contributed by atoms with Crippen molar-refractivity contribution in [3.63, 3.8) is 0 Å². The van der Waals surface area contributed by atoms with E-state index >= 15 is 0 Å². The van der Waals surface area contributed by atoms with Crippen molar-refractivity contribution in [2.45, 2.75) is 52.5 Å². The second-order valence-electron chi connectivity index (χ2n) is 10.3. The molecule has 0 bridgehead atoms. The number of esters is 1. The van der Waals surface area contributed by atoms with Crippen molar-refractivity contribution < 1.29 is 23.4 Å². The van der Waals surface area contributed by atoms with Gasteiger partial charge in [0.25, 0.3) is 0 Å². The standard InChI is InChI=1S/C30H37FN4O4/c1-6-38-29(36)14-24(20-7-8-20)27-15-28(33-18-32-27)35(4)16-21-9-11-23(30(34-21)39-17-19(2)3)25-13-22(37-5)10-12-26(25)31/h9-13,15,18-20,24H,6-8,14,16-17H2,1-5H3. The van der Waals surface area contributed by atoms with Gasteiger partial charge in [-0.15, -0.1) is 0 Å². The number of pyridine rings is 1. The maximum Gasteiger partial charge on any atom is 0.306 e. The summed E-state index contributed by atoms with van der Waals surface area (Å²) in [5, 5.41) is 0. The Hall–Kier alpha value is -3.75. The van der Waals surface area contributed by atoms with Crippen LogP contribution in [0.2, 0.25) is 0 Å². The lowest BCUT2D eigenvalue weighted by Crippen LogP contribution is -2.20. The van der Waals surface area contributed by atoms with Crippen molar-refractivity contribution in [3.05, 3.63) is 59.9 Å². The summed E-state index contributed by atoms with van der Waals surface area (Å²) in [6, 6.07) is 10.3. The molecule has 2 heterocycles. The number of aromatic nitrogens is 3. The van der Waals surface area contributed by atoms with Gasteiger partial charge in [-0.05, 0) is 61.9 Å². The van der Waals surface area contributed by atoms with Crippen LogP contribution in [0.5, 0.6) is 11.6 Å². The first kappa shape index (κ1) is 28.3. The van der Waals surface area contributed by atoms with E-state index in [0.717, 1.165) is 30.0 Å². The molecule has 0 radical (unpaired) electrons. The molecule has 0 aliphatic heterocycles. The number of halogens is 1. The van der Waals surface area contributed by atoms with Crippen molar-refractivity contribution in [3.8, 4) is 22.8 Å². The molecule has 4 rings (SSSR count). The van der Waals surface area contributed by atoms with E-state index in [0.29, 0.717) is 54.9 Å². The molecule has 1 aliphatic rings. The number of ether oxygens (including phenoxy) is 3. The Morgan fingerprint density at radius 3 is 2.62 bits per heavy atom. The van der Waals surface area contributed by atoms with Gasteiger partial charge in [-0.1, -0.05) is 13.8 Å². The van der Waals surface area contributed by atoms with Gasteiger partial charge in [-0.3, -0.25) is 4.79 Å². The number of carbonyl (C=O) groups excluding carboxylic acids is 1. The van der Waals surface area contributed by atoms with Gasteiger partial charge in [0, 0.05) is 35.9 Å². The van der Waals surface area contributed by atoms with Crippen molar-refractivity contribution in [2.75, 3.05) is 32.3 Å². The minimum atomic E-state index is -0.376. The summed E-state index contributed by atoms with van der Waals surface area (Å²) >= 11 is 0. The predicted molar refractivity (Wildman–Crippen MR) is 147 cm³/mol. The summed E-state index contributed by atoms with van der Waals surface area (Å²) in [4.78, 5) is 27.9. The Morgan fingerprint density at radius 2 is 1.92 bits per heavy atom. The van der Waals surface area contributed by atoms with Crippen LogP contribution in [0.3, 0.4) is 0 Å². The smallest absolute Gasteiger partial charge is 0.306 e. The number of nitrogens with zero attached hydrogens (tertiary/aromatic N) is 4. The highest BCUT2D eigenvalue weighted by molar-refractivity contribution is 5.71. The zero-order chi connectivity index (χ0) is 27.9. The Labute approximate surface area is 229 Å². The van der Waals surface area contributed by atoms with Crippen LogP contribution in [0, 0.1) is 17.7 Å². The number of methoxy groups -OCH3 is 1. The van der Waals surface area contributed by atoms with Crippen LogP contribution in [0.4, 0.5) is 10.2 Å². The number of carbonyl (C=O) groups is 1. The van der Waals surface area contributed by atoms with Gasteiger partial charge in [0.1, 0.15) is 23.7 Å². The maximum atomic E-state index is 14.8. The van der Waals surface area contributed by atoms with Gasteiger partial charge in [-0.2, -0.15) is 0 Å². The van der Waals surface area contributed by atoms with Gasteiger partial charge in [-0.25, -0.2) is 19.3 Å². The fraction of sp³-hybridized carbons (Fsp3) is 0.467. The average Bonchev–Trinajstić information content (AvgIpc) is 3.77. The summed E-state index contributed by atoms with van der Waals surface area (Å²) in [6.07, 6.45) is 4.03. The Balaban J connectivity index is 1.57. The van der Waals surface area contributed by atoms with Crippen molar-refractivity contribution in [2.24, 2.45) is 11.8 Å². The number of rotatable bonds is 13. The molecule has 1 unspecified atom stereocenters. The second-order valence-corrected chi connectivity index (χ2v) is 10.3. The molecule has 0 spiro atoms. The predicted octanol–water partition coefficient (Wildman–Crippen LogP) is 5.80.